The highest BCUT2D eigenvalue weighted by Gasteiger charge is 2.36. The van der Waals surface area contributed by atoms with E-state index in [2.05, 4.69) is 37.5 Å². The summed E-state index contributed by atoms with van der Waals surface area (Å²) in [7, 11) is 0. The fourth-order valence-electron chi connectivity index (χ4n) is 3.71. The Morgan fingerprint density at radius 2 is 2.00 bits per heavy atom. The fraction of sp³-hybridized carbons (Fsp3) is 1.00. The minimum absolute atomic E-state index is 0.753. The van der Waals surface area contributed by atoms with Gasteiger partial charge in [0.25, 0.3) is 0 Å². The van der Waals surface area contributed by atoms with E-state index in [9.17, 15) is 0 Å². The average molecular weight is 238 g/mol. The second kappa shape index (κ2) is 5.71. The van der Waals surface area contributed by atoms with Crippen LogP contribution in [-0.2, 0) is 0 Å². The van der Waals surface area contributed by atoms with Gasteiger partial charge in [-0.2, -0.15) is 0 Å². The molecule has 0 N–H and O–H groups in total. The highest BCUT2D eigenvalue weighted by Crippen LogP contribution is 2.27. The van der Waals surface area contributed by atoms with Gasteiger partial charge in [-0.05, 0) is 45.6 Å². The monoisotopic (exact) mass is 238 g/mol. The molecule has 0 bridgehead atoms. The lowest BCUT2D eigenvalue weighted by atomic mass is 9.96. The molecule has 2 aliphatic rings. The molecule has 0 spiro atoms. The Kier molecular flexibility index (Phi) is 4.48. The molecule has 2 aliphatic heterocycles. The lowest BCUT2D eigenvalue weighted by Gasteiger charge is -2.45. The van der Waals surface area contributed by atoms with E-state index in [1.54, 1.807) is 0 Å². The molecule has 0 aromatic carbocycles. The van der Waals surface area contributed by atoms with Crippen LogP contribution < -0.4 is 0 Å². The van der Waals surface area contributed by atoms with E-state index in [1.165, 1.54) is 45.3 Å². The minimum atomic E-state index is 0.753. The van der Waals surface area contributed by atoms with Crippen molar-refractivity contribution in [3.63, 3.8) is 0 Å². The van der Waals surface area contributed by atoms with Crippen LogP contribution in [0, 0.1) is 5.92 Å². The largest absolute Gasteiger partial charge is 0.298 e. The van der Waals surface area contributed by atoms with Gasteiger partial charge in [0.05, 0.1) is 0 Å². The van der Waals surface area contributed by atoms with Gasteiger partial charge in [-0.25, -0.2) is 0 Å². The van der Waals surface area contributed by atoms with Crippen molar-refractivity contribution in [2.24, 2.45) is 5.92 Å². The summed E-state index contributed by atoms with van der Waals surface area (Å²) in [4.78, 5) is 5.50. The van der Waals surface area contributed by atoms with E-state index in [4.69, 9.17) is 0 Å². The van der Waals surface area contributed by atoms with Gasteiger partial charge in [-0.15, -0.1) is 0 Å². The van der Waals surface area contributed by atoms with E-state index in [0.29, 0.717) is 0 Å². The molecule has 0 saturated carbocycles. The Morgan fingerprint density at radius 1 is 1.24 bits per heavy atom. The highest BCUT2D eigenvalue weighted by molar-refractivity contribution is 4.92. The van der Waals surface area contributed by atoms with E-state index in [-0.39, 0.29) is 0 Å². The summed E-state index contributed by atoms with van der Waals surface area (Å²) >= 11 is 0. The molecule has 0 aromatic heterocycles. The van der Waals surface area contributed by atoms with Gasteiger partial charge >= 0.3 is 0 Å². The van der Waals surface area contributed by atoms with Crippen molar-refractivity contribution in [3.05, 3.63) is 0 Å². The van der Waals surface area contributed by atoms with Crippen molar-refractivity contribution < 1.29 is 0 Å². The predicted molar refractivity (Wildman–Crippen MR) is 74.3 cm³/mol. The molecule has 0 radical (unpaired) electrons. The molecule has 4 unspecified atom stereocenters. The molecule has 2 heterocycles. The van der Waals surface area contributed by atoms with Gasteiger partial charge in [0, 0.05) is 31.2 Å². The van der Waals surface area contributed by atoms with Gasteiger partial charge < -0.3 is 0 Å². The third-order valence-corrected chi connectivity index (χ3v) is 4.99. The van der Waals surface area contributed by atoms with Crippen LogP contribution in [0.25, 0.3) is 0 Å². The zero-order valence-corrected chi connectivity index (χ0v) is 12.2. The summed E-state index contributed by atoms with van der Waals surface area (Å²) in [5, 5.41) is 0. The third-order valence-electron chi connectivity index (χ3n) is 4.99. The Labute approximate surface area is 107 Å². The van der Waals surface area contributed by atoms with Gasteiger partial charge in [0.2, 0.25) is 0 Å². The highest BCUT2D eigenvalue weighted by atomic mass is 15.3. The van der Waals surface area contributed by atoms with Crippen molar-refractivity contribution in [2.45, 2.75) is 71.5 Å². The number of rotatable bonds is 4. The van der Waals surface area contributed by atoms with Crippen LogP contribution in [0.4, 0.5) is 0 Å². The first-order chi connectivity index (χ1) is 8.11. The van der Waals surface area contributed by atoms with E-state index < -0.39 is 0 Å². The van der Waals surface area contributed by atoms with Crippen molar-refractivity contribution in [2.75, 3.05) is 19.6 Å². The van der Waals surface area contributed by atoms with Gasteiger partial charge in [0.1, 0.15) is 0 Å². The van der Waals surface area contributed by atoms with Crippen LogP contribution in [0.5, 0.6) is 0 Å². The predicted octanol–water partition coefficient (Wildman–Crippen LogP) is 2.98. The Balaban J connectivity index is 1.91. The zero-order valence-electron chi connectivity index (χ0n) is 12.2. The van der Waals surface area contributed by atoms with Gasteiger partial charge in [-0.1, -0.05) is 20.3 Å². The van der Waals surface area contributed by atoms with Crippen LogP contribution in [-0.4, -0.2) is 47.6 Å². The summed E-state index contributed by atoms with van der Waals surface area (Å²) in [6.45, 7) is 13.5. The Hall–Kier alpha value is -0.0800. The summed E-state index contributed by atoms with van der Waals surface area (Å²) in [5.41, 5.74) is 0. The summed E-state index contributed by atoms with van der Waals surface area (Å²) in [5.74, 6) is 0.874. The van der Waals surface area contributed by atoms with Crippen molar-refractivity contribution in [1.82, 2.24) is 9.80 Å². The number of hydrogen-bond acceptors (Lipinski definition) is 2. The molecule has 100 valence electrons. The molecule has 0 aliphatic carbocycles. The van der Waals surface area contributed by atoms with Crippen molar-refractivity contribution in [3.8, 4) is 0 Å². The molecular formula is C15H30N2. The number of hydrogen-bond donors (Lipinski definition) is 0. The maximum atomic E-state index is 2.78. The minimum Gasteiger partial charge on any atom is -0.298 e. The molecule has 2 rings (SSSR count). The van der Waals surface area contributed by atoms with Crippen molar-refractivity contribution in [1.29, 1.82) is 0 Å². The lowest BCUT2D eigenvalue weighted by Crippen LogP contribution is -2.57. The normalized spacial score (nSPS) is 34.6. The molecule has 17 heavy (non-hydrogen) atoms. The second-order valence-electron chi connectivity index (χ2n) is 6.43. The molecule has 2 nitrogen and oxygen atoms in total. The number of nitrogens with zero attached hydrogens (tertiary/aromatic N) is 2. The first kappa shape index (κ1) is 13.4. The summed E-state index contributed by atoms with van der Waals surface area (Å²) in [6, 6.07) is 2.39. The van der Waals surface area contributed by atoms with Crippen LogP contribution in [0.2, 0.25) is 0 Å². The smallest absolute Gasteiger partial charge is 0.0224 e. The van der Waals surface area contributed by atoms with Crippen LogP contribution >= 0.6 is 0 Å². The molecular weight excluding hydrogens is 208 g/mol. The van der Waals surface area contributed by atoms with E-state index in [1.807, 2.05) is 0 Å². The fourth-order valence-corrected chi connectivity index (χ4v) is 3.71. The first-order valence-corrected chi connectivity index (χ1v) is 7.61. The molecule has 4 atom stereocenters. The zero-order chi connectivity index (χ0) is 12.4. The SMILES string of the molecule is CCC(C)CC(C)N1CC2CCCN2CC1C. The van der Waals surface area contributed by atoms with Crippen LogP contribution in [0.1, 0.15) is 53.4 Å². The summed E-state index contributed by atoms with van der Waals surface area (Å²) in [6.07, 6.45) is 5.54. The standard InChI is InChI=1S/C15H30N2/c1-5-12(2)9-13(3)17-11-15-7-6-8-16(15)10-14(17)4/h12-15H,5-11H2,1-4H3. The van der Waals surface area contributed by atoms with Crippen LogP contribution in [0.3, 0.4) is 0 Å². The first-order valence-electron chi connectivity index (χ1n) is 7.61. The van der Waals surface area contributed by atoms with Gasteiger partial charge in [0.15, 0.2) is 0 Å². The third kappa shape index (κ3) is 3.03. The maximum absolute atomic E-state index is 2.78. The molecule has 2 saturated heterocycles. The quantitative estimate of drug-likeness (QED) is 0.743. The van der Waals surface area contributed by atoms with E-state index >= 15 is 0 Å². The van der Waals surface area contributed by atoms with Crippen LogP contribution in [0.15, 0.2) is 0 Å². The molecule has 0 aromatic rings. The molecule has 2 heteroatoms. The number of fused-ring (bicyclic) bond motifs is 1. The topological polar surface area (TPSA) is 6.48 Å². The molecule has 2 fully saturated rings. The van der Waals surface area contributed by atoms with Gasteiger partial charge in [-0.3, -0.25) is 9.80 Å². The second-order valence-corrected chi connectivity index (χ2v) is 6.43. The van der Waals surface area contributed by atoms with E-state index in [0.717, 1.165) is 24.0 Å². The Morgan fingerprint density at radius 3 is 2.71 bits per heavy atom. The Bertz CT molecular complexity index is 241. The average Bonchev–Trinajstić information content (AvgIpc) is 2.74. The van der Waals surface area contributed by atoms with Crippen molar-refractivity contribution >= 4 is 0 Å². The molecule has 0 amide bonds. The number of piperazine rings is 1. The lowest BCUT2D eigenvalue weighted by molar-refractivity contribution is 0.0263. The summed E-state index contributed by atoms with van der Waals surface area (Å²) < 4.78 is 0. The maximum Gasteiger partial charge on any atom is 0.0224 e.